The van der Waals surface area contributed by atoms with E-state index in [4.69, 9.17) is 0 Å². The molecular formula is C36H24N4O2S3. The number of aryl methyl sites for hydroxylation is 4. The number of hydrogen-bond acceptors (Lipinski definition) is 5. The summed E-state index contributed by atoms with van der Waals surface area (Å²) in [4.78, 5) is 39.9. The van der Waals surface area contributed by atoms with Crippen LogP contribution in [0.4, 0.5) is 0 Å². The molecule has 0 saturated heterocycles. The monoisotopic (exact) mass is 640 g/mol. The summed E-state index contributed by atoms with van der Waals surface area (Å²) < 4.78 is 5.30. The highest BCUT2D eigenvalue weighted by Crippen LogP contribution is 2.43. The molecule has 0 amide bonds. The van der Waals surface area contributed by atoms with Crippen molar-refractivity contribution >= 4 is 96.9 Å². The fraction of sp³-hybridized carbons (Fsp3) is 0.111. The zero-order valence-corrected chi connectivity index (χ0v) is 26.3. The molecule has 0 spiro atoms. The molecule has 0 radical (unpaired) electrons. The second-order valence-corrected chi connectivity index (χ2v) is 15.0. The zero-order chi connectivity index (χ0) is 29.8. The smallest absolute Gasteiger partial charge is 0.274 e. The van der Waals surface area contributed by atoms with Gasteiger partial charge >= 0.3 is 0 Å². The molecule has 218 valence electrons. The summed E-state index contributed by atoms with van der Waals surface area (Å²) in [7, 11) is 0. The lowest BCUT2D eigenvalue weighted by atomic mass is 10.0. The molecular weight excluding hydrogens is 617 g/mol. The van der Waals surface area contributed by atoms with Gasteiger partial charge in [0.25, 0.3) is 11.1 Å². The number of aromatic nitrogens is 4. The summed E-state index contributed by atoms with van der Waals surface area (Å²) in [6.45, 7) is 0. The molecule has 3 aromatic carbocycles. The Morgan fingerprint density at radius 1 is 0.533 bits per heavy atom. The number of rotatable bonds is 6. The third kappa shape index (κ3) is 3.66. The summed E-state index contributed by atoms with van der Waals surface area (Å²) >= 11 is 4.92. The predicted molar refractivity (Wildman–Crippen MR) is 190 cm³/mol. The first-order valence-electron chi connectivity index (χ1n) is 15.0. The zero-order valence-electron chi connectivity index (χ0n) is 23.8. The van der Waals surface area contributed by atoms with Crippen LogP contribution in [-0.2, 0) is 25.7 Å². The van der Waals surface area contributed by atoms with Crippen LogP contribution in [0.25, 0.3) is 62.9 Å². The number of hydrogen-bond donors (Lipinski definition) is 2. The summed E-state index contributed by atoms with van der Waals surface area (Å²) in [6, 6.07) is 29.3. The Labute approximate surface area is 266 Å². The predicted octanol–water partition coefficient (Wildman–Crippen LogP) is 8.53. The highest BCUT2D eigenvalue weighted by Gasteiger charge is 2.25. The fourth-order valence-electron chi connectivity index (χ4n) is 6.97. The molecule has 0 fully saturated rings. The summed E-state index contributed by atoms with van der Waals surface area (Å²) in [6.07, 6.45) is 3.76. The van der Waals surface area contributed by atoms with E-state index >= 15 is 0 Å². The Kier molecular flexibility index (Phi) is 5.35. The van der Waals surface area contributed by atoms with E-state index in [1.165, 1.54) is 32.2 Å². The van der Waals surface area contributed by atoms with Gasteiger partial charge < -0.3 is 9.97 Å². The Bertz CT molecular complexity index is 2860. The van der Waals surface area contributed by atoms with Gasteiger partial charge in [-0.25, -0.2) is 0 Å². The topological polar surface area (TPSA) is 74.5 Å². The van der Waals surface area contributed by atoms with Crippen molar-refractivity contribution in [2.24, 2.45) is 0 Å². The normalized spacial score (nSPS) is 12.5. The van der Waals surface area contributed by atoms with Crippen LogP contribution in [0.15, 0.2) is 94.5 Å². The molecule has 6 nitrogen and oxygen atoms in total. The van der Waals surface area contributed by atoms with E-state index in [9.17, 15) is 9.59 Å². The molecule has 0 unspecified atom stereocenters. The van der Waals surface area contributed by atoms with Crippen molar-refractivity contribution in [1.29, 1.82) is 0 Å². The lowest BCUT2D eigenvalue weighted by Gasteiger charge is -2.05. The largest absolute Gasteiger partial charge is 0.331 e. The van der Waals surface area contributed by atoms with E-state index in [0.717, 1.165) is 78.5 Å². The fourth-order valence-corrected chi connectivity index (χ4v) is 10.3. The van der Waals surface area contributed by atoms with Crippen LogP contribution in [0.5, 0.6) is 0 Å². The third-order valence-corrected chi connectivity index (χ3v) is 12.5. The van der Waals surface area contributed by atoms with Crippen molar-refractivity contribution in [3.05, 3.63) is 127 Å². The maximum absolute atomic E-state index is 14.2. The third-order valence-electron chi connectivity index (χ3n) is 9.09. The molecule has 0 saturated carbocycles. The van der Waals surface area contributed by atoms with E-state index < -0.39 is 0 Å². The van der Waals surface area contributed by atoms with Gasteiger partial charge in [-0.1, -0.05) is 60.7 Å². The molecule has 10 rings (SSSR count). The van der Waals surface area contributed by atoms with Gasteiger partial charge in [0, 0.05) is 31.3 Å². The van der Waals surface area contributed by atoms with Gasteiger partial charge in [0.05, 0.1) is 15.7 Å². The number of nitrogens with zero attached hydrogens (tertiary/aromatic N) is 2. The van der Waals surface area contributed by atoms with Crippen molar-refractivity contribution in [3.63, 3.8) is 0 Å². The van der Waals surface area contributed by atoms with Crippen molar-refractivity contribution in [1.82, 2.24) is 18.8 Å². The first-order valence-corrected chi connectivity index (χ1v) is 17.5. The van der Waals surface area contributed by atoms with Gasteiger partial charge in [-0.3, -0.25) is 18.4 Å². The quantitative estimate of drug-likeness (QED) is 0.179. The Morgan fingerprint density at radius 3 is 1.69 bits per heavy atom. The SMILES string of the molecule is O=c1c2sc3c4c(ccc(c24)c2[nH]c4sc(CCc5ccccc5)cc4n12)c(=O)n1c2cc(CCc4ccccc4)sc2[nH]c31. The Morgan fingerprint density at radius 2 is 1.07 bits per heavy atom. The number of benzene rings is 3. The van der Waals surface area contributed by atoms with Gasteiger partial charge in [0.2, 0.25) is 0 Å². The van der Waals surface area contributed by atoms with Crippen LogP contribution in [0, 0.1) is 0 Å². The van der Waals surface area contributed by atoms with Crippen molar-refractivity contribution < 1.29 is 0 Å². The lowest BCUT2D eigenvalue weighted by Crippen LogP contribution is -2.13. The van der Waals surface area contributed by atoms with Crippen LogP contribution in [0.1, 0.15) is 20.9 Å². The minimum atomic E-state index is -0.0477. The minimum Gasteiger partial charge on any atom is -0.331 e. The van der Waals surface area contributed by atoms with Crippen LogP contribution < -0.4 is 11.1 Å². The second-order valence-electron chi connectivity index (χ2n) is 11.7. The van der Waals surface area contributed by atoms with E-state index in [1.807, 2.05) is 33.1 Å². The van der Waals surface area contributed by atoms with Crippen LogP contribution in [0.2, 0.25) is 0 Å². The van der Waals surface area contributed by atoms with E-state index in [2.05, 4.69) is 70.6 Å². The van der Waals surface area contributed by atoms with Gasteiger partial charge in [0.1, 0.15) is 25.7 Å². The van der Waals surface area contributed by atoms with E-state index in [-0.39, 0.29) is 11.1 Å². The molecule has 7 aromatic heterocycles. The second kappa shape index (κ2) is 9.40. The number of nitrogens with one attached hydrogen (secondary N) is 2. The number of aromatic amines is 2. The first kappa shape index (κ1) is 25.6. The average molecular weight is 641 g/mol. The molecule has 0 bridgehead atoms. The summed E-state index contributed by atoms with van der Waals surface area (Å²) in [5.74, 6) is 0. The number of H-pyrrole nitrogens is 2. The van der Waals surface area contributed by atoms with E-state index in [1.54, 1.807) is 22.7 Å². The summed E-state index contributed by atoms with van der Waals surface area (Å²) in [5.41, 5.74) is 5.92. The molecule has 2 N–H and O–H groups in total. The molecule has 9 heteroatoms. The van der Waals surface area contributed by atoms with Gasteiger partial charge in [-0.05, 0) is 61.1 Å². The number of pyridine rings is 2. The maximum atomic E-state index is 14.2. The molecule has 0 aliphatic carbocycles. The van der Waals surface area contributed by atoms with Crippen molar-refractivity contribution in [2.75, 3.05) is 0 Å². The Balaban J connectivity index is 1.14. The van der Waals surface area contributed by atoms with Crippen molar-refractivity contribution in [3.8, 4) is 0 Å². The Hall–Kier alpha value is -4.70. The van der Waals surface area contributed by atoms with Gasteiger partial charge in [0.15, 0.2) is 0 Å². The highest BCUT2D eigenvalue weighted by atomic mass is 32.1. The van der Waals surface area contributed by atoms with E-state index in [0.29, 0.717) is 10.1 Å². The molecule has 45 heavy (non-hydrogen) atoms. The molecule has 0 aliphatic heterocycles. The maximum Gasteiger partial charge on any atom is 0.274 e. The lowest BCUT2D eigenvalue weighted by molar-refractivity contribution is 0.981. The van der Waals surface area contributed by atoms with Gasteiger partial charge in [-0.2, -0.15) is 0 Å². The van der Waals surface area contributed by atoms with Crippen LogP contribution >= 0.6 is 34.0 Å². The average Bonchev–Trinajstić information content (AvgIpc) is 3.87. The molecule has 10 aromatic rings. The standard InChI is InChI=1S/C36H24N4O2S3/c41-35-24-16-15-23-27-28(24)29(32-38-34-26(40(32)35)18-22(44-34)14-12-20-9-5-2-6-10-20)45-30(27)36(42)39-25-17-21(43-33(25)37-31(23)39)13-11-19-7-3-1-4-8-19/h1-10,15-18,37-38H,11-14H2. The number of fused-ring (bicyclic) bond motifs is 8. The highest BCUT2D eigenvalue weighted by molar-refractivity contribution is 7.27. The van der Waals surface area contributed by atoms with Crippen LogP contribution in [0.3, 0.4) is 0 Å². The number of thiophene rings is 3. The van der Waals surface area contributed by atoms with Crippen LogP contribution in [-0.4, -0.2) is 18.8 Å². The van der Waals surface area contributed by atoms with Crippen molar-refractivity contribution in [2.45, 2.75) is 25.7 Å². The molecule has 0 aliphatic rings. The van der Waals surface area contributed by atoms with Gasteiger partial charge in [-0.15, -0.1) is 34.0 Å². The first-order chi connectivity index (χ1) is 22.1. The molecule has 0 atom stereocenters. The summed E-state index contributed by atoms with van der Waals surface area (Å²) in [5, 5.41) is 3.39. The minimum absolute atomic E-state index is 0.0352. The molecule has 7 heterocycles. The number of imidazole rings is 2.